The third kappa shape index (κ3) is 7.07. The van der Waals surface area contributed by atoms with Gasteiger partial charge in [0.05, 0.1) is 0 Å². The molecule has 0 aliphatic carbocycles. The maximum atomic E-state index is 7.12. The summed E-state index contributed by atoms with van der Waals surface area (Å²) < 4.78 is 28.3. The van der Waals surface area contributed by atoms with Gasteiger partial charge < -0.3 is 0 Å². The fourth-order valence-electron chi connectivity index (χ4n) is 5.18. The molecule has 0 spiro atoms. The number of benzene rings is 6. The molecule has 0 amide bonds. The molecule has 0 bridgehead atoms. The molecule has 0 aliphatic heterocycles. The molecule has 0 saturated carbocycles. The zero-order valence-corrected chi connectivity index (χ0v) is 31.2. The molecule has 0 saturated heterocycles. The van der Waals surface area contributed by atoms with Crippen molar-refractivity contribution >= 4 is 100 Å². The minimum absolute atomic E-state index is 0.669. The predicted octanol–water partition coefficient (Wildman–Crippen LogP) is 11.4. The van der Waals surface area contributed by atoms with Crippen LogP contribution in [0.5, 0.6) is 0 Å². The fourth-order valence-corrected chi connectivity index (χ4v) is 18.1. The monoisotopic (exact) mass is 908 g/mol. The molecule has 43 heavy (non-hydrogen) atoms. The van der Waals surface area contributed by atoms with Crippen molar-refractivity contribution < 1.29 is 8.95 Å². The van der Waals surface area contributed by atoms with E-state index in [1.165, 1.54) is 43.0 Å². The standard InChI is InChI=1S/C36H36BI3O3/c1-4-38(34-25-13-19-28-16-7-10-22-31(28)34)41-37(42-39(5-2)35-26-14-20-29-17-8-11-23-32(29)35)43-40(6-3)36-27-15-21-30-18-9-12-24-33(30)36/h7-27H,4-6H2,1-3H3. The van der Waals surface area contributed by atoms with Gasteiger partial charge in [-0.1, -0.05) is 0 Å². The molecule has 6 rings (SSSR count). The summed E-state index contributed by atoms with van der Waals surface area (Å²) in [5.41, 5.74) is 0. The van der Waals surface area contributed by atoms with Crippen LogP contribution < -0.4 is 0 Å². The summed E-state index contributed by atoms with van der Waals surface area (Å²) in [4.78, 5) is 0. The molecule has 0 radical (unpaired) electrons. The van der Waals surface area contributed by atoms with Crippen molar-refractivity contribution in [1.29, 1.82) is 0 Å². The van der Waals surface area contributed by atoms with E-state index in [4.69, 9.17) is 8.95 Å². The van der Waals surface area contributed by atoms with Crippen molar-refractivity contribution in [2.75, 3.05) is 13.3 Å². The van der Waals surface area contributed by atoms with Crippen LogP contribution in [-0.2, 0) is 8.95 Å². The first kappa shape index (κ1) is 31.2. The van der Waals surface area contributed by atoms with E-state index < -0.39 is 68.0 Å². The first-order chi connectivity index (χ1) is 21.2. The Morgan fingerprint density at radius 2 is 0.674 bits per heavy atom. The quantitative estimate of drug-likeness (QED) is 0.0696. The van der Waals surface area contributed by atoms with E-state index in [1.54, 1.807) is 0 Å². The minimum atomic E-state index is -2.13. The summed E-state index contributed by atoms with van der Waals surface area (Å²) in [7, 11) is -0.669. The van der Waals surface area contributed by atoms with Gasteiger partial charge in [0.1, 0.15) is 0 Å². The summed E-state index contributed by atoms with van der Waals surface area (Å²) in [6, 6.07) is 45.8. The zero-order chi connectivity index (χ0) is 29.6. The first-order valence-electron chi connectivity index (χ1n) is 14.6. The first-order valence-corrected chi connectivity index (χ1v) is 25.1. The number of alkyl halides is 3. The molecule has 3 nitrogen and oxygen atoms in total. The summed E-state index contributed by atoms with van der Waals surface area (Å²) >= 11 is -6.39. The van der Waals surface area contributed by atoms with E-state index >= 15 is 0 Å². The van der Waals surface area contributed by atoms with Crippen molar-refractivity contribution in [1.82, 2.24) is 0 Å². The number of hydrogen-bond acceptors (Lipinski definition) is 3. The Morgan fingerprint density at radius 3 is 0.977 bits per heavy atom. The third-order valence-electron chi connectivity index (χ3n) is 7.16. The van der Waals surface area contributed by atoms with Crippen LogP contribution in [0.15, 0.2) is 127 Å². The second kappa shape index (κ2) is 15.0. The van der Waals surface area contributed by atoms with Gasteiger partial charge in [-0.15, -0.1) is 0 Å². The molecule has 222 valence electrons. The summed E-state index contributed by atoms with van der Waals surface area (Å²) in [5.74, 6) is 0. The molecule has 6 aromatic carbocycles. The molecule has 0 aromatic heterocycles. The number of halogens is 3. The van der Waals surface area contributed by atoms with Gasteiger partial charge in [-0.05, 0) is 0 Å². The van der Waals surface area contributed by atoms with Crippen molar-refractivity contribution in [2.24, 2.45) is 0 Å². The Kier molecular flexibility index (Phi) is 10.9. The van der Waals surface area contributed by atoms with E-state index in [9.17, 15) is 0 Å². The van der Waals surface area contributed by atoms with Crippen LogP contribution in [-0.4, -0.2) is 20.6 Å². The molecule has 0 heterocycles. The van der Waals surface area contributed by atoms with Gasteiger partial charge >= 0.3 is 281 Å². The number of hydrogen-bond donors (Lipinski definition) is 0. The Bertz CT molecular complexity index is 1600. The van der Waals surface area contributed by atoms with Crippen LogP contribution in [0.2, 0.25) is 0 Å². The zero-order valence-electron chi connectivity index (χ0n) is 24.7. The molecule has 0 atom stereocenters. The molecular formula is C36H36BI3O3. The SMILES string of the molecule is CCI(OB(OI(CC)c1cccc2ccccc12)OI(CC)c1cccc2ccccc12)c1cccc2ccccc12. The van der Waals surface area contributed by atoms with Crippen molar-refractivity contribution in [3.63, 3.8) is 0 Å². The maximum absolute atomic E-state index is 7.12. The van der Waals surface area contributed by atoms with Crippen molar-refractivity contribution in [3.8, 4) is 0 Å². The summed E-state index contributed by atoms with van der Waals surface area (Å²) in [6.45, 7) is 6.77. The van der Waals surface area contributed by atoms with Crippen LogP contribution in [0.4, 0.5) is 0 Å². The van der Waals surface area contributed by atoms with E-state index in [0.717, 1.165) is 13.3 Å². The average molecular weight is 908 g/mol. The fraction of sp³-hybridized carbons (Fsp3) is 0.167. The van der Waals surface area contributed by atoms with Crippen LogP contribution >= 0.6 is 60.7 Å². The van der Waals surface area contributed by atoms with Crippen LogP contribution in [0, 0.1) is 10.7 Å². The molecule has 0 unspecified atom stereocenters. The van der Waals surface area contributed by atoms with E-state index in [-0.39, 0.29) is 0 Å². The van der Waals surface area contributed by atoms with Gasteiger partial charge in [0, 0.05) is 0 Å². The van der Waals surface area contributed by atoms with Gasteiger partial charge in [0.15, 0.2) is 0 Å². The average Bonchev–Trinajstić information content (AvgIpc) is 3.07. The molecule has 0 N–H and O–H groups in total. The normalized spacial score (nSPS) is 12.5. The van der Waals surface area contributed by atoms with Crippen LogP contribution in [0.3, 0.4) is 0 Å². The molecule has 0 aliphatic rings. The Labute approximate surface area is 278 Å². The van der Waals surface area contributed by atoms with Gasteiger partial charge in [0.25, 0.3) is 0 Å². The number of fused-ring (bicyclic) bond motifs is 3. The summed E-state index contributed by atoms with van der Waals surface area (Å²) in [6.07, 6.45) is 0. The topological polar surface area (TPSA) is 27.7 Å². The Hall–Kier alpha value is -1.77. The van der Waals surface area contributed by atoms with E-state index in [1.807, 2.05) is 0 Å². The van der Waals surface area contributed by atoms with Crippen molar-refractivity contribution in [2.45, 2.75) is 20.8 Å². The predicted molar refractivity (Wildman–Crippen MR) is 211 cm³/mol. The second-order valence-corrected chi connectivity index (χ2v) is 24.8. The van der Waals surface area contributed by atoms with Crippen LogP contribution in [0.25, 0.3) is 32.3 Å². The van der Waals surface area contributed by atoms with Gasteiger partial charge in [-0.25, -0.2) is 0 Å². The Morgan fingerprint density at radius 1 is 0.395 bits per heavy atom. The molecular weight excluding hydrogens is 872 g/mol. The van der Waals surface area contributed by atoms with Gasteiger partial charge in [0.2, 0.25) is 0 Å². The molecule has 6 aromatic rings. The Balaban J connectivity index is 1.38. The molecule has 0 fully saturated rings. The van der Waals surface area contributed by atoms with Gasteiger partial charge in [-0.3, -0.25) is 0 Å². The summed E-state index contributed by atoms with van der Waals surface area (Å²) in [5, 5.41) is 7.64. The van der Waals surface area contributed by atoms with Gasteiger partial charge in [-0.2, -0.15) is 0 Å². The van der Waals surface area contributed by atoms with E-state index in [0.29, 0.717) is 0 Å². The van der Waals surface area contributed by atoms with E-state index in [2.05, 4.69) is 148 Å². The number of rotatable bonds is 12. The van der Waals surface area contributed by atoms with Crippen molar-refractivity contribution in [3.05, 3.63) is 138 Å². The van der Waals surface area contributed by atoms with Crippen LogP contribution in [0.1, 0.15) is 20.8 Å². The second-order valence-electron chi connectivity index (χ2n) is 9.70. The third-order valence-corrected chi connectivity index (χ3v) is 21.1. The molecule has 7 heteroatoms.